The monoisotopic (exact) mass is 583 g/mol. The van der Waals surface area contributed by atoms with E-state index in [-0.39, 0.29) is 24.1 Å². The van der Waals surface area contributed by atoms with Crippen LogP contribution in [-0.2, 0) is 35.0 Å². The molecule has 0 spiro atoms. The number of anilines is 1. The maximum Gasteiger partial charge on any atom is 0.416 e. The molecule has 0 aliphatic carbocycles. The van der Waals surface area contributed by atoms with Crippen molar-refractivity contribution in [2.75, 3.05) is 18.6 Å². The average Bonchev–Trinajstić information content (AvgIpc) is 3.54. The number of halogens is 7. The molecule has 0 saturated carbocycles. The summed E-state index contributed by atoms with van der Waals surface area (Å²) in [5, 5.41) is 0. The van der Waals surface area contributed by atoms with E-state index < -0.39 is 42.4 Å². The fourth-order valence-corrected chi connectivity index (χ4v) is 4.74. The molecule has 4 aromatic rings. The van der Waals surface area contributed by atoms with Crippen molar-refractivity contribution in [3.05, 3.63) is 83.2 Å². The Hall–Kier alpha value is -3.78. The van der Waals surface area contributed by atoms with E-state index in [9.17, 15) is 30.7 Å². The summed E-state index contributed by atoms with van der Waals surface area (Å²) in [6.45, 7) is -0.0937. The van der Waals surface area contributed by atoms with Crippen LogP contribution in [0.25, 0.3) is 11.2 Å². The summed E-state index contributed by atoms with van der Waals surface area (Å²) >= 11 is 0. The SMILES string of the molecule is CN(Cc1cccc(F)c1)c1ncnc2c1ncn2C1CC[C@@H](COCc2cc(C(F)(F)F)cc(C(F)(F)F)c2)O1. The Balaban J connectivity index is 1.23. The lowest BCUT2D eigenvalue weighted by Gasteiger charge is -2.19. The van der Waals surface area contributed by atoms with Gasteiger partial charge in [0.1, 0.15) is 18.4 Å². The van der Waals surface area contributed by atoms with Gasteiger partial charge in [-0.15, -0.1) is 0 Å². The van der Waals surface area contributed by atoms with Gasteiger partial charge in [-0.2, -0.15) is 26.3 Å². The van der Waals surface area contributed by atoms with Crippen LogP contribution in [0.5, 0.6) is 0 Å². The number of alkyl halides is 6. The second kappa shape index (κ2) is 11.2. The highest BCUT2D eigenvalue weighted by molar-refractivity contribution is 5.83. The van der Waals surface area contributed by atoms with E-state index in [1.54, 1.807) is 30.1 Å². The molecule has 0 N–H and O–H groups in total. The Morgan fingerprint density at radius 3 is 2.37 bits per heavy atom. The van der Waals surface area contributed by atoms with Gasteiger partial charge in [0.05, 0.1) is 36.8 Å². The molecule has 0 bridgehead atoms. The van der Waals surface area contributed by atoms with E-state index >= 15 is 0 Å². The Bertz CT molecular complexity index is 1490. The first-order valence-corrected chi connectivity index (χ1v) is 12.5. The molecule has 0 radical (unpaired) electrons. The van der Waals surface area contributed by atoms with Crippen molar-refractivity contribution in [2.45, 2.75) is 50.7 Å². The van der Waals surface area contributed by atoms with Crippen molar-refractivity contribution in [3.63, 3.8) is 0 Å². The second-order valence-corrected chi connectivity index (χ2v) is 9.73. The molecule has 218 valence electrons. The van der Waals surface area contributed by atoms with E-state index in [0.29, 0.717) is 48.5 Å². The standard InChI is InChI=1S/C27H24F7N5O2/c1-38(11-16-3-2-4-20(28)9-16)24-23-25(36-14-35-24)39(15-37-23)22-6-5-21(41-22)13-40-12-17-7-18(26(29,30)31)10-19(8-17)27(32,33)34/h2-4,7-10,14-15,21-22H,5-6,11-13H2,1H3/t21-,22?/m0/s1. The molecule has 1 fully saturated rings. The highest BCUT2D eigenvalue weighted by Gasteiger charge is 2.37. The van der Waals surface area contributed by atoms with E-state index in [4.69, 9.17) is 9.47 Å². The van der Waals surface area contributed by atoms with Gasteiger partial charge in [-0.3, -0.25) is 4.57 Å². The first-order valence-electron chi connectivity index (χ1n) is 12.5. The van der Waals surface area contributed by atoms with Crippen molar-refractivity contribution in [3.8, 4) is 0 Å². The van der Waals surface area contributed by atoms with E-state index in [0.717, 1.165) is 5.56 Å². The molecule has 2 atom stereocenters. The summed E-state index contributed by atoms with van der Waals surface area (Å²) in [5.74, 6) is 0.195. The molecule has 1 aliphatic rings. The third-order valence-electron chi connectivity index (χ3n) is 6.63. The van der Waals surface area contributed by atoms with Crippen molar-refractivity contribution in [1.82, 2.24) is 19.5 Å². The zero-order chi connectivity index (χ0) is 29.4. The molecule has 14 heteroatoms. The lowest BCUT2D eigenvalue weighted by atomic mass is 10.1. The molecule has 0 amide bonds. The molecule has 1 unspecified atom stereocenters. The average molecular weight is 584 g/mol. The normalized spacial score (nSPS) is 17.9. The first kappa shape index (κ1) is 28.7. The molecule has 2 aromatic carbocycles. The van der Waals surface area contributed by atoms with Gasteiger partial charge in [-0.05, 0) is 54.3 Å². The number of hydrogen-bond acceptors (Lipinski definition) is 6. The molecule has 41 heavy (non-hydrogen) atoms. The van der Waals surface area contributed by atoms with Gasteiger partial charge in [0.25, 0.3) is 0 Å². The van der Waals surface area contributed by atoms with Crippen LogP contribution in [0.3, 0.4) is 0 Å². The zero-order valence-corrected chi connectivity index (χ0v) is 21.6. The number of nitrogens with zero attached hydrogens (tertiary/aromatic N) is 5. The van der Waals surface area contributed by atoms with Crippen molar-refractivity contribution >= 4 is 17.0 Å². The van der Waals surface area contributed by atoms with Crippen molar-refractivity contribution < 1.29 is 40.2 Å². The number of hydrogen-bond donors (Lipinski definition) is 0. The number of benzene rings is 2. The largest absolute Gasteiger partial charge is 0.416 e. The van der Waals surface area contributed by atoms with E-state index in [1.165, 1.54) is 18.5 Å². The number of rotatable bonds is 8. The Labute approximate surface area is 229 Å². The molecule has 1 saturated heterocycles. The summed E-state index contributed by atoms with van der Waals surface area (Å²) in [5.41, 5.74) is -1.25. The molecular weight excluding hydrogens is 559 g/mol. The quantitative estimate of drug-likeness (QED) is 0.220. The lowest BCUT2D eigenvalue weighted by Crippen LogP contribution is -2.19. The van der Waals surface area contributed by atoms with Gasteiger partial charge in [-0.1, -0.05) is 12.1 Å². The van der Waals surface area contributed by atoms with Gasteiger partial charge in [0.15, 0.2) is 17.0 Å². The Morgan fingerprint density at radius 1 is 0.951 bits per heavy atom. The van der Waals surface area contributed by atoms with Gasteiger partial charge < -0.3 is 14.4 Å². The summed E-state index contributed by atoms with van der Waals surface area (Å²) in [4.78, 5) is 14.9. The van der Waals surface area contributed by atoms with E-state index in [2.05, 4.69) is 15.0 Å². The van der Waals surface area contributed by atoms with Crippen molar-refractivity contribution in [1.29, 1.82) is 0 Å². The minimum absolute atomic E-state index is 0.0304. The lowest BCUT2D eigenvalue weighted by molar-refractivity contribution is -0.143. The van der Waals surface area contributed by atoms with E-state index in [1.807, 2.05) is 4.90 Å². The van der Waals surface area contributed by atoms with Crippen LogP contribution >= 0.6 is 0 Å². The third-order valence-corrected chi connectivity index (χ3v) is 6.63. The second-order valence-electron chi connectivity index (χ2n) is 9.73. The zero-order valence-electron chi connectivity index (χ0n) is 21.6. The summed E-state index contributed by atoms with van der Waals surface area (Å²) < 4.78 is 106. The fourth-order valence-electron chi connectivity index (χ4n) is 4.74. The molecular formula is C27H24F7N5O2. The Morgan fingerprint density at radius 2 is 1.68 bits per heavy atom. The van der Waals surface area contributed by atoms with Gasteiger partial charge in [0, 0.05) is 13.6 Å². The van der Waals surface area contributed by atoms with Crippen LogP contribution in [-0.4, -0.2) is 39.3 Å². The number of aromatic nitrogens is 4. The number of imidazole rings is 1. The predicted molar refractivity (Wildman–Crippen MR) is 133 cm³/mol. The van der Waals surface area contributed by atoms with Crippen LogP contribution in [0.1, 0.15) is 41.3 Å². The minimum atomic E-state index is -4.93. The van der Waals surface area contributed by atoms with Crippen LogP contribution in [0, 0.1) is 5.82 Å². The maximum atomic E-state index is 13.6. The summed E-state index contributed by atoms with van der Waals surface area (Å²) in [6, 6.07) is 7.60. The highest BCUT2D eigenvalue weighted by atomic mass is 19.4. The first-order chi connectivity index (χ1) is 19.4. The minimum Gasteiger partial charge on any atom is -0.374 e. The topological polar surface area (TPSA) is 65.3 Å². The molecule has 7 nitrogen and oxygen atoms in total. The number of ether oxygens (including phenoxy) is 2. The molecule has 5 rings (SSSR count). The van der Waals surface area contributed by atoms with Crippen LogP contribution in [0.2, 0.25) is 0 Å². The van der Waals surface area contributed by atoms with Gasteiger partial charge in [0.2, 0.25) is 0 Å². The fraction of sp³-hybridized carbons (Fsp3) is 0.370. The third kappa shape index (κ3) is 6.59. The number of fused-ring (bicyclic) bond motifs is 1. The molecule has 3 heterocycles. The smallest absolute Gasteiger partial charge is 0.374 e. The Kier molecular flexibility index (Phi) is 7.88. The maximum absolute atomic E-state index is 13.6. The van der Waals surface area contributed by atoms with Crippen LogP contribution in [0.4, 0.5) is 36.6 Å². The molecule has 1 aliphatic heterocycles. The van der Waals surface area contributed by atoms with Crippen LogP contribution < -0.4 is 4.90 Å². The summed E-state index contributed by atoms with van der Waals surface area (Å²) in [6.07, 6.45) is -6.71. The predicted octanol–water partition coefficient (Wildman–Crippen LogP) is 6.53. The summed E-state index contributed by atoms with van der Waals surface area (Å²) in [7, 11) is 1.80. The van der Waals surface area contributed by atoms with Crippen LogP contribution in [0.15, 0.2) is 55.1 Å². The molecule has 2 aromatic heterocycles. The highest BCUT2D eigenvalue weighted by Crippen LogP contribution is 2.37. The van der Waals surface area contributed by atoms with Crippen molar-refractivity contribution in [2.24, 2.45) is 0 Å². The van der Waals surface area contributed by atoms with Gasteiger partial charge in [-0.25, -0.2) is 19.3 Å². The van der Waals surface area contributed by atoms with Gasteiger partial charge >= 0.3 is 12.4 Å².